The molecular formula is C22H28F2N2O4S. The van der Waals surface area contributed by atoms with E-state index in [4.69, 9.17) is 4.74 Å². The lowest BCUT2D eigenvalue weighted by atomic mass is 10.1. The van der Waals surface area contributed by atoms with Gasteiger partial charge in [0.1, 0.15) is 5.75 Å². The Bertz CT molecular complexity index is 983. The van der Waals surface area contributed by atoms with Crippen LogP contribution in [0.25, 0.3) is 0 Å². The first kappa shape index (κ1) is 24.6. The smallest absolute Gasteiger partial charge is 0.232 e. The Labute approximate surface area is 182 Å². The SMILES string of the molecule is CCOc1ccccc1CCCNC(=O)CCCN(c1ccc(F)c(F)c1)S(C)(=O)=O. The summed E-state index contributed by atoms with van der Waals surface area (Å²) in [5.74, 6) is -1.54. The number of carbonyl (C=O) groups excluding carboxylic acids is 1. The molecule has 0 bridgehead atoms. The minimum absolute atomic E-state index is 0.0148. The summed E-state index contributed by atoms with van der Waals surface area (Å²) in [5, 5.41) is 2.82. The van der Waals surface area contributed by atoms with Gasteiger partial charge in [0.2, 0.25) is 15.9 Å². The van der Waals surface area contributed by atoms with Crippen molar-refractivity contribution in [3.63, 3.8) is 0 Å². The standard InChI is InChI=1S/C22H28F2N2O4S/c1-3-30-21-10-5-4-8-17(21)9-6-14-25-22(27)11-7-15-26(31(2,28)29)18-12-13-19(23)20(24)16-18/h4-5,8,10,12-13,16H,3,6-7,9,11,14-15H2,1-2H3,(H,25,27). The van der Waals surface area contributed by atoms with Crippen molar-refractivity contribution in [2.24, 2.45) is 0 Å². The largest absolute Gasteiger partial charge is 0.494 e. The van der Waals surface area contributed by atoms with Crippen molar-refractivity contribution in [3.8, 4) is 5.75 Å². The zero-order chi connectivity index (χ0) is 22.9. The molecule has 1 N–H and O–H groups in total. The predicted octanol–water partition coefficient (Wildman–Crippen LogP) is 3.66. The molecule has 0 saturated carbocycles. The number of carbonyl (C=O) groups is 1. The fraction of sp³-hybridized carbons (Fsp3) is 0.409. The molecule has 0 heterocycles. The predicted molar refractivity (Wildman–Crippen MR) is 117 cm³/mol. The lowest BCUT2D eigenvalue weighted by molar-refractivity contribution is -0.121. The topological polar surface area (TPSA) is 75.7 Å². The summed E-state index contributed by atoms with van der Waals surface area (Å²) in [6.07, 6.45) is 2.83. The molecule has 0 atom stereocenters. The number of sulfonamides is 1. The third-order valence-electron chi connectivity index (χ3n) is 4.57. The molecule has 6 nitrogen and oxygen atoms in total. The summed E-state index contributed by atoms with van der Waals surface area (Å²) in [6.45, 7) is 2.98. The van der Waals surface area contributed by atoms with Crippen LogP contribution in [-0.2, 0) is 21.2 Å². The van der Waals surface area contributed by atoms with Gasteiger partial charge in [0, 0.05) is 25.6 Å². The number of para-hydroxylation sites is 1. The lowest BCUT2D eigenvalue weighted by Crippen LogP contribution is -2.32. The third-order valence-corrected chi connectivity index (χ3v) is 5.77. The summed E-state index contributed by atoms with van der Waals surface area (Å²) in [6, 6.07) is 10.7. The molecule has 0 radical (unpaired) electrons. The van der Waals surface area contributed by atoms with E-state index >= 15 is 0 Å². The number of rotatable bonds is 12. The van der Waals surface area contributed by atoms with Gasteiger partial charge in [-0.1, -0.05) is 18.2 Å². The van der Waals surface area contributed by atoms with E-state index in [2.05, 4.69) is 5.32 Å². The van der Waals surface area contributed by atoms with E-state index in [1.165, 1.54) is 6.07 Å². The van der Waals surface area contributed by atoms with E-state index in [1.54, 1.807) is 0 Å². The maximum Gasteiger partial charge on any atom is 0.232 e. The van der Waals surface area contributed by atoms with Crippen molar-refractivity contribution in [2.75, 3.05) is 30.3 Å². The zero-order valence-corrected chi connectivity index (χ0v) is 18.6. The van der Waals surface area contributed by atoms with Gasteiger partial charge in [-0.2, -0.15) is 0 Å². The molecular weight excluding hydrogens is 426 g/mol. The van der Waals surface area contributed by atoms with Crippen LogP contribution in [0.1, 0.15) is 31.7 Å². The Balaban J connectivity index is 1.79. The minimum Gasteiger partial charge on any atom is -0.494 e. The number of anilines is 1. The van der Waals surface area contributed by atoms with Crippen LogP contribution in [0.4, 0.5) is 14.5 Å². The quantitative estimate of drug-likeness (QED) is 0.497. The molecule has 0 aliphatic carbocycles. The van der Waals surface area contributed by atoms with Gasteiger partial charge in [-0.05, 0) is 49.9 Å². The molecule has 0 aromatic heterocycles. The Morgan fingerprint density at radius 1 is 1.10 bits per heavy atom. The van der Waals surface area contributed by atoms with Gasteiger partial charge >= 0.3 is 0 Å². The van der Waals surface area contributed by atoms with Crippen LogP contribution in [0.2, 0.25) is 0 Å². The second-order valence-electron chi connectivity index (χ2n) is 7.03. The van der Waals surface area contributed by atoms with Crippen LogP contribution < -0.4 is 14.4 Å². The maximum absolute atomic E-state index is 13.5. The summed E-state index contributed by atoms with van der Waals surface area (Å²) in [5.41, 5.74) is 1.10. The van der Waals surface area contributed by atoms with Crippen molar-refractivity contribution < 1.29 is 26.7 Å². The molecule has 2 aromatic carbocycles. The van der Waals surface area contributed by atoms with Crippen molar-refractivity contribution in [1.29, 1.82) is 0 Å². The third kappa shape index (κ3) is 7.82. The molecule has 1 amide bonds. The highest BCUT2D eigenvalue weighted by molar-refractivity contribution is 7.92. The van der Waals surface area contributed by atoms with Gasteiger partial charge < -0.3 is 10.1 Å². The fourth-order valence-corrected chi connectivity index (χ4v) is 4.07. The van der Waals surface area contributed by atoms with Crippen LogP contribution in [0.15, 0.2) is 42.5 Å². The fourth-order valence-electron chi connectivity index (χ4n) is 3.11. The molecule has 2 aromatic rings. The van der Waals surface area contributed by atoms with Crippen molar-refractivity contribution >= 4 is 21.6 Å². The van der Waals surface area contributed by atoms with Crippen LogP contribution in [-0.4, -0.2) is 40.3 Å². The van der Waals surface area contributed by atoms with Crippen LogP contribution in [0, 0.1) is 11.6 Å². The van der Waals surface area contributed by atoms with E-state index in [9.17, 15) is 22.0 Å². The number of ether oxygens (including phenoxy) is 1. The number of nitrogens with zero attached hydrogens (tertiary/aromatic N) is 1. The van der Waals surface area contributed by atoms with Crippen LogP contribution >= 0.6 is 0 Å². The van der Waals surface area contributed by atoms with Gasteiger partial charge in [-0.15, -0.1) is 0 Å². The zero-order valence-electron chi connectivity index (χ0n) is 17.7. The Kier molecular flexibility index (Phi) is 9.23. The van der Waals surface area contributed by atoms with E-state index in [0.717, 1.165) is 46.8 Å². The van der Waals surface area contributed by atoms with Gasteiger partial charge in [-0.25, -0.2) is 17.2 Å². The highest BCUT2D eigenvalue weighted by Crippen LogP contribution is 2.21. The second-order valence-corrected chi connectivity index (χ2v) is 8.94. The number of aryl methyl sites for hydroxylation is 1. The number of hydrogen-bond acceptors (Lipinski definition) is 4. The molecule has 0 aliphatic heterocycles. The van der Waals surface area contributed by atoms with Crippen molar-refractivity contribution in [1.82, 2.24) is 5.32 Å². The molecule has 0 fully saturated rings. The highest BCUT2D eigenvalue weighted by Gasteiger charge is 2.19. The second kappa shape index (κ2) is 11.6. The van der Waals surface area contributed by atoms with Gasteiger partial charge in [0.05, 0.1) is 18.6 Å². The Hall–Kier alpha value is -2.68. The monoisotopic (exact) mass is 454 g/mol. The van der Waals surface area contributed by atoms with Gasteiger partial charge in [-0.3, -0.25) is 9.10 Å². The molecule has 2 rings (SSSR count). The van der Waals surface area contributed by atoms with E-state index < -0.39 is 21.7 Å². The minimum atomic E-state index is -3.71. The van der Waals surface area contributed by atoms with Crippen LogP contribution in [0.3, 0.4) is 0 Å². The Morgan fingerprint density at radius 3 is 2.52 bits per heavy atom. The number of nitrogens with one attached hydrogen (secondary N) is 1. The number of amides is 1. The van der Waals surface area contributed by atoms with Crippen molar-refractivity contribution in [3.05, 3.63) is 59.7 Å². The summed E-state index contributed by atoms with van der Waals surface area (Å²) in [4.78, 5) is 12.1. The first-order chi connectivity index (χ1) is 14.7. The maximum atomic E-state index is 13.5. The molecule has 0 unspecified atom stereocenters. The summed E-state index contributed by atoms with van der Waals surface area (Å²) < 4.78 is 57.2. The number of benzene rings is 2. The van der Waals surface area contributed by atoms with E-state index in [0.29, 0.717) is 13.2 Å². The van der Waals surface area contributed by atoms with E-state index in [-0.39, 0.29) is 31.0 Å². The number of halogens is 2. The molecule has 9 heteroatoms. The summed E-state index contributed by atoms with van der Waals surface area (Å²) >= 11 is 0. The van der Waals surface area contributed by atoms with E-state index in [1.807, 2.05) is 31.2 Å². The lowest BCUT2D eigenvalue weighted by Gasteiger charge is -2.22. The highest BCUT2D eigenvalue weighted by atomic mass is 32.2. The molecule has 0 spiro atoms. The first-order valence-electron chi connectivity index (χ1n) is 10.1. The molecule has 31 heavy (non-hydrogen) atoms. The molecule has 0 saturated heterocycles. The average molecular weight is 455 g/mol. The average Bonchev–Trinajstić information content (AvgIpc) is 2.71. The first-order valence-corrected chi connectivity index (χ1v) is 12.0. The normalized spacial score (nSPS) is 11.2. The molecule has 170 valence electrons. The number of hydrogen-bond donors (Lipinski definition) is 1. The van der Waals surface area contributed by atoms with Gasteiger partial charge in [0.25, 0.3) is 0 Å². The summed E-state index contributed by atoms with van der Waals surface area (Å²) in [7, 11) is -3.71. The van der Waals surface area contributed by atoms with Crippen molar-refractivity contribution in [2.45, 2.75) is 32.6 Å². The Morgan fingerprint density at radius 2 is 1.84 bits per heavy atom. The molecule has 0 aliphatic rings. The van der Waals surface area contributed by atoms with Gasteiger partial charge in [0.15, 0.2) is 11.6 Å². The van der Waals surface area contributed by atoms with Crippen LogP contribution in [0.5, 0.6) is 5.75 Å².